The van der Waals surface area contributed by atoms with Crippen molar-refractivity contribution in [1.82, 2.24) is 5.32 Å². The molecule has 6 heteroatoms. The summed E-state index contributed by atoms with van der Waals surface area (Å²) < 4.78 is 11.9. The number of thiophene rings is 1. The van der Waals surface area contributed by atoms with E-state index in [0.717, 1.165) is 5.56 Å². The molecule has 0 aliphatic heterocycles. The molecular formula is C14H15NO3S2. The summed E-state index contributed by atoms with van der Waals surface area (Å²) in [4.78, 5) is 12.1. The topological polar surface area (TPSA) is 66.4 Å². The summed E-state index contributed by atoms with van der Waals surface area (Å²) in [7, 11) is -0.999. The van der Waals surface area contributed by atoms with E-state index in [1.54, 1.807) is 0 Å². The van der Waals surface area contributed by atoms with Crippen LogP contribution in [0.1, 0.15) is 15.2 Å². The zero-order chi connectivity index (χ0) is 14.4. The van der Waals surface area contributed by atoms with Gasteiger partial charge < -0.3 is 10.4 Å². The summed E-state index contributed by atoms with van der Waals surface area (Å²) in [6.45, 7) is 0.358. The lowest BCUT2D eigenvalue weighted by molar-refractivity contribution is 0.0960. The van der Waals surface area contributed by atoms with E-state index in [1.807, 2.05) is 30.3 Å². The monoisotopic (exact) mass is 309 g/mol. The molecule has 0 spiro atoms. The van der Waals surface area contributed by atoms with Crippen LogP contribution < -0.4 is 5.32 Å². The summed E-state index contributed by atoms with van der Waals surface area (Å²) >= 11 is 1.18. The van der Waals surface area contributed by atoms with E-state index in [0.29, 0.717) is 22.9 Å². The molecule has 1 aromatic heterocycles. The van der Waals surface area contributed by atoms with Gasteiger partial charge in [0.2, 0.25) is 0 Å². The van der Waals surface area contributed by atoms with Crippen molar-refractivity contribution >= 4 is 28.0 Å². The van der Waals surface area contributed by atoms with Gasteiger partial charge in [0, 0.05) is 40.3 Å². The van der Waals surface area contributed by atoms with Gasteiger partial charge in [-0.2, -0.15) is 0 Å². The first-order valence-electron chi connectivity index (χ1n) is 6.10. The van der Waals surface area contributed by atoms with Gasteiger partial charge in [0.1, 0.15) is 5.75 Å². The van der Waals surface area contributed by atoms with E-state index < -0.39 is 10.8 Å². The SMILES string of the molecule is O=C(NCC[S@](=O)Cc1ccccc1)c1cc(O)cs1. The highest BCUT2D eigenvalue weighted by Gasteiger charge is 2.09. The van der Waals surface area contributed by atoms with Crippen LogP contribution in [0, 0.1) is 0 Å². The third-order valence-corrected chi connectivity index (χ3v) is 4.83. The van der Waals surface area contributed by atoms with Crippen LogP contribution in [0.2, 0.25) is 0 Å². The molecule has 4 nitrogen and oxygen atoms in total. The Labute approximate surface area is 123 Å². The second-order valence-corrected chi connectivity index (χ2v) is 6.69. The van der Waals surface area contributed by atoms with Crippen molar-refractivity contribution in [3.05, 3.63) is 52.2 Å². The van der Waals surface area contributed by atoms with Gasteiger partial charge in [0.25, 0.3) is 5.91 Å². The second kappa shape index (κ2) is 7.21. The normalized spacial score (nSPS) is 12.0. The van der Waals surface area contributed by atoms with Gasteiger partial charge in [-0.05, 0) is 5.56 Å². The molecule has 20 heavy (non-hydrogen) atoms. The zero-order valence-corrected chi connectivity index (χ0v) is 12.4. The average Bonchev–Trinajstić information content (AvgIpc) is 2.86. The van der Waals surface area contributed by atoms with Crippen LogP contribution in [-0.4, -0.2) is 27.5 Å². The van der Waals surface area contributed by atoms with Gasteiger partial charge in [0.15, 0.2) is 0 Å². The van der Waals surface area contributed by atoms with Crippen LogP contribution in [-0.2, 0) is 16.6 Å². The Balaban J connectivity index is 1.73. The molecule has 0 unspecified atom stereocenters. The molecule has 106 valence electrons. The van der Waals surface area contributed by atoms with Crippen molar-refractivity contribution in [2.24, 2.45) is 0 Å². The van der Waals surface area contributed by atoms with Crippen LogP contribution in [0.25, 0.3) is 0 Å². The number of amides is 1. The van der Waals surface area contributed by atoms with E-state index in [-0.39, 0.29) is 11.7 Å². The molecule has 0 saturated heterocycles. The van der Waals surface area contributed by atoms with Crippen molar-refractivity contribution < 1.29 is 14.1 Å². The predicted molar refractivity (Wildman–Crippen MR) is 81.5 cm³/mol. The first-order chi connectivity index (χ1) is 9.65. The molecule has 0 radical (unpaired) electrons. The molecule has 0 saturated carbocycles. The molecule has 1 amide bonds. The van der Waals surface area contributed by atoms with E-state index in [4.69, 9.17) is 5.11 Å². The molecule has 2 N–H and O–H groups in total. The standard InChI is InChI=1S/C14H15NO3S2/c16-12-8-13(19-9-12)14(17)15-6-7-20(18)10-11-4-2-1-3-5-11/h1-5,8-9,16H,6-7,10H2,(H,15,17)/t20-/m0/s1. The van der Waals surface area contributed by atoms with Crippen molar-refractivity contribution in [1.29, 1.82) is 0 Å². The number of carbonyl (C=O) groups excluding carboxylic acids is 1. The molecule has 0 bridgehead atoms. The molecule has 0 fully saturated rings. The Bertz CT molecular complexity index is 595. The Hall–Kier alpha value is -1.66. The number of benzene rings is 1. The molecule has 1 heterocycles. The smallest absolute Gasteiger partial charge is 0.261 e. The van der Waals surface area contributed by atoms with Gasteiger partial charge >= 0.3 is 0 Å². The van der Waals surface area contributed by atoms with E-state index >= 15 is 0 Å². The molecule has 1 atom stereocenters. The Morgan fingerprint density at radius 1 is 1.30 bits per heavy atom. The maximum absolute atomic E-state index is 11.9. The predicted octanol–water partition coefficient (Wildman–Crippen LogP) is 2.13. The third-order valence-electron chi connectivity index (χ3n) is 2.60. The Morgan fingerprint density at radius 3 is 2.70 bits per heavy atom. The summed E-state index contributed by atoms with van der Waals surface area (Å²) in [5.41, 5.74) is 1.03. The van der Waals surface area contributed by atoms with Crippen LogP contribution >= 0.6 is 11.3 Å². The summed E-state index contributed by atoms with van der Waals surface area (Å²) in [5.74, 6) is 0.758. The summed E-state index contributed by atoms with van der Waals surface area (Å²) in [6, 6.07) is 11.0. The molecule has 0 aliphatic carbocycles. The van der Waals surface area contributed by atoms with Crippen LogP contribution in [0.15, 0.2) is 41.8 Å². The fourth-order valence-corrected chi connectivity index (χ4v) is 3.37. The molecule has 1 aromatic carbocycles. The molecule has 0 aliphatic rings. The fourth-order valence-electron chi connectivity index (χ4n) is 1.64. The third kappa shape index (κ3) is 4.47. The van der Waals surface area contributed by atoms with Gasteiger partial charge in [0.05, 0.1) is 4.88 Å². The number of hydrogen-bond acceptors (Lipinski definition) is 4. The van der Waals surface area contributed by atoms with Crippen molar-refractivity contribution in [2.75, 3.05) is 12.3 Å². The second-order valence-electron chi connectivity index (χ2n) is 4.20. The van der Waals surface area contributed by atoms with Crippen molar-refractivity contribution in [3.63, 3.8) is 0 Å². The molecule has 2 rings (SSSR count). The Morgan fingerprint density at radius 2 is 2.05 bits per heavy atom. The maximum atomic E-state index is 11.9. The lowest BCUT2D eigenvalue weighted by atomic mass is 10.2. The van der Waals surface area contributed by atoms with Gasteiger partial charge in [-0.15, -0.1) is 11.3 Å². The van der Waals surface area contributed by atoms with Crippen LogP contribution in [0.3, 0.4) is 0 Å². The summed E-state index contributed by atoms with van der Waals surface area (Å²) in [5, 5.41) is 13.4. The lowest BCUT2D eigenvalue weighted by Gasteiger charge is -2.04. The largest absolute Gasteiger partial charge is 0.507 e. The van der Waals surface area contributed by atoms with Crippen LogP contribution in [0.5, 0.6) is 5.75 Å². The average molecular weight is 309 g/mol. The van der Waals surface area contributed by atoms with Gasteiger partial charge in [-0.1, -0.05) is 30.3 Å². The number of rotatable bonds is 6. The highest BCUT2D eigenvalue weighted by Crippen LogP contribution is 2.19. The highest BCUT2D eigenvalue weighted by molar-refractivity contribution is 7.84. The van der Waals surface area contributed by atoms with E-state index in [9.17, 15) is 9.00 Å². The maximum Gasteiger partial charge on any atom is 0.261 e. The minimum absolute atomic E-state index is 0.0906. The first kappa shape index (κ1) is 14.7. The van der Waals surface area contributed by atoms with Crippen molar-refractivity contribution in [3.8, 4) is 5.75 Å². The van der Waals surface area contributed by atoms with Crippen molar-refractivity contribution in [2.45, 2.75) is 5.75 Å². The Kier molecular flexibility index (Phi) is 5.31. The number of hydrogen-bond donors (Lipinski definition) is 2. The van der Waals surface area contributed by atoms with Gasteiger partial charge in [-0.25, -0.2) is 0 Å². The minimum Gasteiger partial charge on any atom is -0.507 e. The highest BCUT2D eigenvalue weighted by atomic mass is 32.2. The quantitative estimate of drug-likeness (QED) is 0.859. The van der Waals surface area contributed by atoms with Gasteiger partial charge in [-0.3, -0.25) is 9.00 Å². The molecular weight excluding hydrogens is 294 g/mol. The molecule has 2 aromatic rings. The summed E-state index contributed by atoms with van der Waals surface area (Å²) in [6.07, 6.45) is 0. The van der Waals surface area contributed by atoms with E-state index in [2.05, 4.69) is 5.32 Å². The number of aromatic hydroxyl groups is 1. The minimum atomic E-state index is -0.999. The van der Waals surface area contributed by atoms with E-state index in [1.165, 1.54) is 22.8 Å². The van der Waals surface area contributed by atoms with Crippen LogP contribution in [0.4, 0.5) is 0 Å². The fraction of sp³-hybridized carbons (Fsp3) is 0.214. The lowest BCUT2D eigenvalue weighted by Crippen LogP contribution is -2.27. The number of nitrogens with one attached hydrogen (secondary N) is 1. The first-order valence-corrected chi connectivity index (χ1v) is 8.46. The zero-order valence-electron chi connectivity index (χ0n) is 10.7. The number of carbonyl (C=O) groups is 1.